The molecule has 1 saturated heterocycles. The normalized spacial score (nSPS) is 21.8. The van der Waals surface area contributed by atoms with Gasteiger partial charge in [-0.2, -0.15) is 0 Å². The summed E-state index contributed by atoms with van der Waals surface area (Å²) >= 11 is 0. The summed E-state index contributed by atoms with van der Waals surface area (Å²) in [5.74, 6) is 0.953. The van der Waals surface area contributed by atoms with E-state index in [1.165, 1.54) is 19.4 Å². The molecule has 0 spiro atoms. The van der Waals surface area contributed by atoms with Gasteiger partial charge >= 0.3 is 0 Å². The first-order valence-corrected chi connectivity index (χ1v) is 5.65. The fraction of sp³-hybridized carbons (Fsp3) is 0.538. The lowest BCUT2D eigenvalue weighted by molar-refractivity contribution is 0.233. The molecule has 1 unspecified atom stereocenters. The zero-order valence-electron chi connectivity index (χ0n) is 9.28. The average Bonchev–Trinajstić information content (AvgIpc) is 2.66. The van der Waals surface area contributed by atoms with Gasteiger partial charge in [0.05, 0.1) is 6.61 Å². The summed E-state index contributed by atoms with van der Waals surface area (Å²) in [7, 11) is 2.20. The molecule has 2 nitrogen and oxygen atoms in total. The molecular weight excluding hydrogens is 186 g/mol. The van der Waals surface area contributed by atoms with Crippen molar-refractivity contribution in [3.8, 4) is 5.75 Å². The number of nitrogens with zero attached hydrogens (tertiary/aromatic N) is 1. The number of likely N-dealkylation sites (tertiary alicyclic amines) is 1. The van der Waals surface area contributed by atoms with Gasteiger partial charge in [0.25, 0.3) is 0 Å². The quantitative estimate of drug-likeness (QED) is 0.746. The van der Waals surface area contributed by atoms with E-state index in [0.717, 1.165) is 24.8 Å². The molecule has 0 aromatic heterocycles. The van der Waals surface area contributed by atoms with Gasteiger partial charge in [-0.1, -0.05) is 12.1 Å². The molecule has 1 aromatic carbocycles. The summed E-state index contributed by atoms with van der Waals surface area (Å²) in [6, 6.07) is 11.4. The van der Waals surface area contributed by atoms with Crippen molar-refractivity contribution < 1.29 is 4.74 Å². The molecule has 81 valence electrons. The number of rotatable bonds is 4. The van der Waals surface area contributed by atoms with Crippen LogP contribution in [0.15, 0.2) is 24.3 Å². The Morgan fingerprint density at radius 1 is 1.47 bits per heavy atom. The Hall–Kier alpha value is -1.02. The van der Waals surface area contributed by atoms with Crippen LogP contribution in [0.3, 0.4) is 0 Å². The second-order valence-corrected chi connectivity index (χ2v) is 4.15. The standard InChI is InChI=1S/C13H18NO/c1-14-10-5-6-12(14)9-11-15-13-7-3-2-4-8-13/h3-4,7-8,12H,5-6,9-11H2,1H3. The molecular formula is C13H18NO. The van der Waals surface area contributed by atoms with Gasteiger partial charge in [0.1, 0.15) is 5.75 Å². The molecule has 1 heterocycles. The van der Waals surface area contributed by atoms with Crippen molar-refractivity contribution in [2.75, 3.05) is 20.2 Å². The van der Waals surface area contributed by atoms with E-state index in [9.17, 15) is 0 Å². The van der Waals surface area contributed by atoms with Crippen LogP contribution in [0.25, 0.3) is 0 Å². The topological polar surface area (TPSA) is 12.5 Å². The third-order valence-corrected chi connectivity index (χ3v) is 3.08. The Labute approximate surface area is 91.9 Å². The van der Waals surface area contributed by atoms with Crippen molar-refractivity contribution in [2.45, 2.75) is 25.3 Å². The molecule has 1 aromatic rings. The molecule has 0 aliphatic carbocycles. The van der Waals surface area contributed by atoms with E-state index >= 15 is 0 Å². The van der Waals surface area contributed by atoms with Crippen molar-refractivity contribution in [1.82, 2.24) is 4.90 Å². The second kappa shape index (κ2) is 5.17. The zero-order valence-corrected chi connectivity index (χ0v) is 9.28. The minimum absolute atomic E-state index is 0.722. The Morgan fingerprint density at radius 2 is 2.27 bits per heavy atom. The molecule has 2 rings (SSSR count). The molecule has 0 N–H and O–H groups in total. The van der Waals surface area contributed by atoms with Crippen molar-refractivity contribution in [3.05, 3.63) is 30.3 Å². The molecule has 1 radical (unpaired) electrons. The molecule has 0 amide bonds. The molecule has 15 heavy (non-hydrogen) atoms. The summed E-state index contributed by atoms with van der Waals surface area (Å²) in [5.41, 5.74) is 0. The third kappa shape index (κ3) is 2.96. The highest BCUT2D eigenvalue weighted by Crippen LogP contribution is 2.18. The van der Waals surface area contributed by atoms with Crippen LogP contribution in [0.2, 0.25) is 0 Å². The van der Waals surface area contributed by atoms with Gasteiger partial charge in [-0.05, 0) is 51.1 Å². The fourth-order valence-electron chi connectivity index (χ4n) is 2.12. The lowest BCUT2D eigenvalue weighted by Crippen LogP contribution is -2.26. The second-order valence-electron chi connectivity index (χ2n) is 4.15. The van der Waals surface area contributed by atoms with Gasteiger partial charge in [-0.25, -0.2) is 0 Å². The van der Waals surface area contributed by atoms with E-state index in [-0.39, 0.29) is 0 Å². The zero-order chi connectivity index (χ0) is 10.5. The van der Waals surface area contributed by atoms with Gasteiger partial charge in [-0.15, -0.1) is 0 Å². The van der Waals surface area contributed by atoms with E-state index in [2.05, 4.69) is 18.0 Å². The molecule has 1 aliphatic rings. The number of hydrogen-bond acceptors (Lipinski definition) is 2. The highest BCUT2D eigenvalue weighted by atomic mass is 16.5. The van der Waals surface area contributed by atoms with Crippen LogP contribution in [0, 0.1) is 6.07 Å². The minimum Gasteiger partial charge on any atom is -0.494 e. The smallest absolute Gasteiger partial charge is 0.119 e. The lowest BCUT2D eigenvalue weighted by atomic mass is 10.1. The summed E-state index contributed by atoms with van der Waals surface area (Å²) in [6.07, 6.45) is 3.79. The van der Waals surface area contributed by atoms with Crippen LogP contribution in [0.4, 0.5) is 0 Å². The van der Waals surface area contributed by atoms with E-state index in [1.807, 2.05) is 24.3 Å². The van der Waals surface area contributed by atoms with Crippen molar-refractivity contribution >= 4 is 0 Å². The summed E-state index contributed by atoms with van der Waals surface area (Å²) in [4.78, 5) is 2.43. The Morgan fingerprint density at radius 3 is 2.93 bits per heavy atom. The first-order valence-electron chi connectivity index (χ1n) is 5.65. The number of ether oxygens (including phenoxy) is 1. The summed E-state index contributed by atoms with van der Waals surface area (Å²) < 4.78 is 5.67. The maximum atomic E-state index is 5.67. The van der Waals surface area contributed by atoms with Crippen molar-refractivity contribution in [3.63, 3.8) is 0 Å². The monoisotopic (exact) mass is 204 g/mol. The van der Waals surface area contributed by atoms with Gasteiger partial charge < -0.3 is 9.64 Å². The maximum Gasteiger partial charge on any atom is 0.119 e. The third-order valence-electron chi connectivity index (χ3n) is 3.08. The summed E-state index contributed by atoms with van der Waals surface area (Å²) in [6.45, 7) is 2.06. The Kier molecular flexibility index (Phi) is 3.62. The van der Waals surface area contributed by atoms with Crippen LogP contribution in [0.5, 0.6) is 5.75 Å². The van der Waals surface area contributed by atoms with Gasteiger partial charge in [0, 0.05) is 6.04 Å². The highest BCUT2D eigenvalue weighted by molar-refractivity contribution is 5.20. The number of benzene rings is 1. The highest BCUT2D eigenvalue weighted by Gasteiger charge is 2.20. The predicted molar refractivity (Wildman–Crippen MR) is 61.0 cm³/mol. The molecule has 2 heteroatoms. The molecule has 1 atom stereocenters. The molecule has 1 fully saturated rings. The van der Waals surface area contributed by atoms with Crippen LogP contribution < -0.4 is 4.74 Å². The van der Waals surface area contributed by atoms with Crippen molar-refractivity contribution in [1.29, 1.82) is 0 Å². The largest absolute Gasteiger partial charge is 0.494 e. The predicted octanol–water partition coefficient (Wildman–Crippen LogP) is 2.35. The lowest BCUT2D eigenvalue weighted by Gasteiger charge is -2.19. The van der Waals surface area contributed by atoms with E-state index in [1.54, 1.807) is 0 Å². The molecule has 1 aliphatic heterocycles. The molecule has 0 bridgehead atoms. The van der Waals surface area contributed by atoms with E-state index in [4.69, 9.17) is 4.74 Å². The van der Waals surface area contributed by atoms with Gasteiger partial charge in [0.15, 0.2) is 0 Å². The van der Waals surface area contributed by atoms with Crippen molar-refractivity contribution in [2.24, 2.45) is 0 Å². The van der Waals surface area contributed by atoms with E-state index in [0.29, 0.717) is 0 Å². The summed E-state index contributed by atoms with van der Waals surface area (Å²) in [5, 5.41) is 0. The van der Waals surface area contributed by atoms with Crippen LogP contribution in [0.1, 0.15) is 19.3 Å². The maximum absolute atomic E-state index is 5.67. The Bertz CT molecular complexity index is 286. The average molecular weight is 204 g/mol. The van der Waals surface area contributed by atoms with Crippen LogP contribution in [-0.2, 0) is 0 Å². The molecule has 0 saturated carbocycles. The number of hydrogen-bond donors (Lipinski definition) is 0. The first kappa shape index (κ1) is 10.5. The minimum atomic E-state index is 0.722. The Balaban J connectivity index is 1.71. The SMILES string of the molecule is CN1CCCC1CCOc1cc[c]cc1. The van der Waals surface area contributed by atoms with Gasteiger partial charge in [0.2, 0.25) is 0 Å². The van der Waals surface area contributed by atoms with Crippen LogP contribution >= 0.6 is 0 Å². The first-order chi connectivity index (χ1) is 7.36. The van der Waals surface area contributed by atoms with Gasteiger partial charge in [-0.3, -0.25) is 0 Å². The van der Waals surface area contributed by atoms with E-state index < -0.39 is 0 Å². The van der Waals surface area contributed by atoms with Crippen LogP contribution in [-0.4, -0.2) is 31.1 Å². The fourth-order valence-corrected chi connectivity index (χ4v) is 2.12.